The number of likely N-dealkylation sites (N-methyl/N-ethyl adjacent to an activating group) is 1. The van der Waals surface area contributed by atoms with Gasteiger partial charge in [-0.05, 0) is 55.6 Å². The Labute approximate surface area is 171 Å². The number of urea groups is 1. The van der Waals surface area contributed by atoms with Gasteiger partial charge in [-0.1, -0.05) is 36.4 Å². The van der Waals surface area contributed by atoms with Crippen molar-refractivity contribution in [3.63, 3.8) is 0 Å². The molecular weight excluding hydrogens is 366 g/mol. The van der Waals surface area contributed by atoms with E-state index in [9.17, 15) is 9.59 Å². The van der Waals surface area contributed by atoms with E-state index in [0.29, 0.717) is 26.0 Å². The van der Waals surface area contributed by atoms with E-state index < -0.39 is 5.54 Å². The Hall–Kier alpha value is -2.86. The number of rotatable bonds is 6. The molecule has 3 amide bonds. The van der Waals surface area contributed by atoms with E-state index in [1.165, 1.54) is 10.5 Å². The molecule has 1 N–H and O–H groups in total. The topological polar surface area (TPSA) is 61.9 Å². The Kier molecular flexibility index (Phi) is 5.28. The lowest BCUT2D eigenvalue weighted by atomic mass is 9.78. The highest BCUT2D eigenvalue weighted by atomic mass is 16.5. The number of hydrogen-bond acceptors (Lipinski definition) is 4. The monoisotopic (exact) mass is 393 g/mol. The second kappa shape index (κ2) is 7.87. The van der Waals surface area contributed by atoms with Gasteiger partial charge in [0.25, 0.3) is 5.91 Å². The molecule has 1 aliphatic carbocycles. The second-order valence-electron chi connectivity index (χ2n) is 8.08. The van der Waals surface area contributed by atoms with Crippen LogP contribution in [-0.4, -0.2) is 54.1 Å². The predicted molar refractivity (Wildman–Crippen MR) is 111 cm³/mol. The normalized spacial score (nSPS) is 20.9. The number of carbonyl (C=O) groups excluding carboxylic acids is 2. The van der Waals surface area contributed by atoms with Crippen LogP contribution in [0, 0.1) is 6.92 Å². The zero-order valence-electron chi connectivity index (χ0n) is 17.0. The van der Waals surface area contributed by atoms with E-state index in [1.807, 2.05) is 61.3 Å². The van der Waals surface area contributed by atoms with Gasteiger partial charge in [0, 0.05) is 13.0 Å². The van der Waals surface area contributed by atoms with Crippen LogP contribution in [0.3, 0.4) is 0 Å². The third-order valence-corrected chi connectivity index (χ3v) is 5.79. The van der Waals surface area contributed by atoms with Crippen LogP contribution in [0.4, 0.5) is 4.79 Å². The molecule has 152 valence electrons. The fourth-order valence-electron chi connectivity index (χ4n) is 4.17. The maximum absolute atomic E-state index is 13.2. The minimum absolute atomic E-state index is 0.122. The summed E-state index contributed by atoms with van der Waals surface area (Å²) in [4.78, 5) is 29.0. The van der Waals surface area contributed by atoms with Crippen LogP contribution in [0.15, 0.2) is 48.5 Å². The van der Waals surface area contributed by atoms with Crippen LogP contribution < -0.4 is 10.1 Å². The van der Waals surface area contributed by atoms with Crippen LogP contribution in [0.5, 0.6) is 5.75 Å². The molecule has 1 spiro atoms. The number of ether oxygens (including phenoxy) is 1. The van der Waals surface area contributed by atoms with Crippen LogP contribution in [0.1, 0.15) is 23.1 Å². The molecule has 6 heteroatoms. The van der Waals surface area contributed by atoms with Gasteiger partial charge in [-0.3, -0.25) is 9.69 Å². The molecule has 1 fully saturated rings. The number of imide groups is 1. The standard InChI is InChI=1S/C23H27N3O3/c1-17-6-5-9-20(14-17)29-13-12-25(2)16-26-21(27)23(24-22(26)28)11-10-18-7-3-4-8-19(18)15-23/h3-9,14H,10-13,15-16H2,1-2H3,(H,24,28). The van der Waals surface area contributed by atoms with Crippen molar-refractivity contribution in [1.29, 1.82) is 0 Å². The molecule has 0 aromatic heterocycles. The first kappa shape index (κ1) is 19.5. The molecule has 2 aliphatic rings. The van der Waals surface area contributed by atoms with Crippen molar-refractivity contribution < 1.29 is 14.3 Å². The summed E-state index contributed by atoms with van der Waals surface area (Å²) in [5.41, 5.74) is 2.76. The first-order chi connectivity index (χ1) is 14.0. The zero-order valence-corrected chi connectivity index (χ0v) is 17.0. The molecule has 0 bridgehead atoms. The van der Waals surface area contributed by atoms with Crippen molar-refractivity contribution in [1.82, 2.24) is 15.1 Å². The molecule has 1 saturated heterocycles. The van der Waals surface area contributed by atoms with Crippen molar-refractivity contribution in [3.05, 3.63) is 65.2 Å². The number of nitrogens with one attached hydrogen (secondary N) is 1. The molecule has 2 aromatic rings. The smallest absolute Gasteiger partial charge is 0.326 e. The molecule has 1 aliphatic heterocycles. The third kappa shape index (κ3) is 3.98. The van der Waals surface area contributed by atoms with E-state index in [1.54, 1.807) is 0 Å². The number of nitrogens with zero attached hydrogens (tertiary/aromatic N) is 2. The van der Waals surface area contributed by atoms with E-state index in [-0.39, 0.29) is 18.6 Å². The maximum Gasteiger partial charge on any atom is 0.326 e. The number of amides is 3. The zero-order chi connectivity index (χ0) is 20.4. The number of carbonyl (C=O) groups is 2. The van der Waals surface area contributed by atoms with Gasteiger partial charge >= 0.3 is 6.03 Å². The lowest BCUT2D eigenvalue weighted by molar-refractivity contribution is -0.133. The first-order valence-electron chi connectivity index (χ1n) is 10.1. The van der Waals surface area contributed by atoms with Crippen LogP contribution in [-0.2, 0) is 17.6 Å². The molecule has 29 heavy (non-hydrogen) atoms. The summed E-state index contributed by atoms with van der Waals surface area (Å²) in [5.74, 6) is 0.705. The summed E-state index contributed by atoms with van der Waals surface area (Å²) in [7, 11) is 1.89. The van der Waals surface area contributed by atoms with Crippen molar-refractivity contribution >= 4 is 11.9 Å². The quantitative estimate of drug-likeness (QED) is 0.767. The summed E-state index contributed by atoms with van der Waals surface area (Å²) in [5, 5.41) is 2.98. The van der Waals surface area contributed by atoms with Gasteiger partial charge in [-0.15, -0.1) is 0 Å². The highest BCUT2D eigenvalue weighted by Gasteiger charge is 2.52. The summed E-state index contributed by atoms with van der Waals surface area (Å²) in [6, 6.07) is 15.7. The van der Waals surface area contributed by atoms with Gasteiger partial charge in [-0.2, -0.15) is 0 Å². The van der Waals surface area contributed by atoms with Gasteiger partial charge in [0.1, 0.15) is 17.9 Å². The van der Waals surface area contributed by atoms with Crippen LogP contribution >= 0.6 is 0 Å². The van der Waals surface area contributed by atoms with Gasteiger partial charge in [0.2, 0.25) is 0 Å². The van der Waals surface area contributed by atoms with E-state index >= 15 is 0 Å². The van der Waals surface area contributed by atoms with Crippen molar-refractivity contribution in [2.45, 2.75) is 31.7 Å². The van der Waals surface area contributed by atoms with Crippen LogP contribution in [0.25, 0.3) is 0 Å². The Morgan fingerprint density at radius 2 is 1.93 bits per heavy atom. The van der Waals surface area contributed by atoms with E-state index in [4.69, 9.17) is 4.74 Å². The minimum Gasteiger partial charge on any atom is -0.492 e. The van der Waals surface area contributed by atoms with E-state index in [0.717, 1.165) is 23.3 Å². The lowest BCUT2D eigenvalue weighted by Gasteiger charge is -2.32. The largest absolute Gasteiger partial charge is 0.492 e. The van der Waals surface area contributed by atoms with Crippen molar-refractivity contribution in [3.8, 4) is 5.75 Å². The van der Waals surface area contributed by atoms with Gasteiger partial charge in [0.05, 0.1) is 6.67 Å². The SMILES string of the molecule is Cc1cccc(OCCN(C)CN2C(=O)NC3(CCc4ccccc4C3)C2=O)c1. The summed E-state index contributed by atoms with van der Waals surface area (Å²) < 4.78 is 5.78. The second-order valence-corrected chi connectivity index (χ2v) is 8.08. The van der Waals surface area contributed by atoms with Crippen molar-refractivity contribution in [2.24, 2.45) is 0 Å². The first-order valence-corrected chi connectivity index (χ1v) is 10.1. The molecule has 1 atom stereocenters. The van der Waals surface area contributed by atoms with Crippen molar-refractivity contribution in [2.75, 3.05) is 26.9 Å². The Bertz CT molecular complexity index is 929. The highest BCUT2D eigenvalue weighted by Crippen LogP contribution is 2.33. The number of fused-ring (bicyclic) bond motifs is 1. The number of aryl methyl sites for hydroxylation is 2. The number of benzene rings is 2. The van der Waals surface area contributed by atoms with Crippen LogP contribution in [0.2, 0.25) is 0 Å². The van der Waals surface area contributed by atoms with E-state index in [2.05, 4.69) is 11.4 Å². The molecule has 0 radical (unpaired) electrons. The highest BCUT2D eigenvalue weighted by molar-refractivity contribution is 6.07. The average molecular weight is 393 g/mol. The lowest BCUT2D eigenvalue weighted by Crippen LogP contribution is -2.51. The number of hydrogen-bond donors (Lipinski definition) is 1. The molecule has 1 heterocycles. The summed E-state index contributed by atoms with van der Waals surface area (Å²) >= 11 is 0. The molecule has 6 nitrogen and oxygen atoms in total. The Morgan fingerprint density at radius 3 is 2.72 bits per heavy atom. The van der Waals surface area contributed by atoms with Gasteiger partial charge in [0.15, 0.2) is 0 Å². The fraction of sp³-hybridized carbons (Fsp3) is 0.391. The Morgan fingerprint density at radius 1 is 1.14 bits per heavy atom. The maximum atomic E-state index is 13.2. The molecule has 1 unspecified atom stereocenters. The summed E-state index contributed by atoms with van der Waals surface area (Å²) in [6.45, 7) is 3.38. The minimum atomic E-state index is -0.801. The predicted octanol–water partition coefficient (Wildman–Crippen LogP) is 2.74. The average Bonchev–Trinajstić information content (AvgIpc) is 2.92. The molecular formula is C23H27N3O3. The third-order valence-electron chi connectivity index (χ3n) is 5.79. The fourth-order valence-corrected chi connectivity index (χ4v) is 4.17. The summed E-state index contributed by atoms with van der Waals surface area (Å²) in [6.07, 6.45) is 2.01. The Balaban J connectivity index is 1.34. The molecule has 0 saturated carbocycles. The molecule has 2 aromatic carbocycles. The molecule has 4 rings (SSSR count). The van der Waals surface area contributed by atoms with Gasteiger partial charge < -0.3 is 10.1 Å². The van der Waals surface area contributed by atoms with Gasteiger partial charge in [-0.25, -0.2) is 9.69 Å².